The van der Waals surface area contributed by atoms with Crippen LogP contribution >= 0.6 is 0 Å². The second-order valence-corrected chi connectivity index (χ2v) is 6.84. The van der Waals surface area contributed by atoms with Crippen LogP contribution in [-0.4, -0.2) is 48.8 Å². The fraction of sp³-hybridized carbons (Fsp3) is 0.478. The average molecular weight is 355 g/mol. The molecule has 2 heterocycles. The molecule has 0 aromatic heterocycles. The second-order valence-electron chi connectivity index (χ2n) is 6.84. The third kappa shape index (κ3) is 5.58. The van der Waals surface area contributed by atoms with Gasteiger partial charge in [-0.1, -0.05) is 55.7 Å². The van der Waals surface area contributed by atoms with Crippen LogP contribution in [0.15, 0.2) is 72.5 Å². The van der Waals surface area contributed by atoms with Gasteiger partial charge < -0.3 is 14.5 Å². The van der Waals surface area contributed by atoms with Gasteiger partial charge in [-0.25, -0.2) is 0 Å². The van der Waals surface area contributed by atoms with E-state index in [1.807, 2.05) is 19.1 Å². The van der Waals surface area contributed by atoms with E-state index in [2.05, 4.69) is 60.3 Å². The third-order valence-electron chi connectivity index (χ3n) is 5.20. The monoisotopic (exact) mass is 354 g/mol. The smallest absolute Gasteiger partial charge is 0.119 e. The summed E-state index contributed by atoms with van der Waals surface area (Å²) < 4.78 is 5.82. The first-order chi connectivity index (χ1) is 12.7. The molecule has 2 aliphatic heterocycles. The second kappa shape index (κ2) is 11.0. The lowest BCUT2D eigenvalue weighted by atomic mass is 9.99. The van der Waals surface area contributed by atoms with Crippen molar-refractivity contribution in [3.8, 4) is 0 Å². The molecule has 0 saturated carbocycles. The van der Waals surface area contributed by atoms with Crippen LogP contribution in [0.4, 0.5) is 0 Å². The SMILES string of the molecule is C=C/C=C1/COCN(C2CCN(CC/C(C=C)=C/C=C\C)CC2)/C1=C/C. The fourth-order valence-corrected chi connectivity index (χ4v) is 3.73. The molecule has 0 atom stereocenters. The number of hydrogen-bond acceptors (Lipinski definition) is 3. The van der Waals surface area contributed by atoms with Gasteiger partial charge in [-0.05, 0) is 38.7 Å². The van der Waals surface area contributed by atoms with E-state index in [-0.39, 0.29) is 0 Å². The number of nitrogens with zero attached hydrogens (tertiary/aromatic N) is 2. The predicted molar refractivity (Wildman–Crippen MR) is 112 cm³/mol. The van der Waals surface area contributed by atoms with Gasteiger partial charge in [0.15, 0.2) is 0 Å². The zero-order chi connectivity index (χ0) is 18.8. The van der Waals surface area contributed by atoms with Crippen LogP contribution in [0, 0.1) is 0 Å². The van der Waals surface area contributed by atoms with Gasteiger partial charge >= 0.3 is 0 Å². The number of hydrogen-bond donors (Lipinski definition) is 0. The molecule has 0 radical (unpaired) electrons. The van der Waals surface area contributed by atoms with Gasteiger partial charge in [0, 0.05) is 36.9 Å². The minimum atomic E-state index is 0.559. The lowest BCUT2D eigenvalue weighted by Crippen LogP contribution is -2.47. The van der Waals surface area contributed by atoms with E-state index in [1.54, 1.807) is 0 Å². The molecule has 0 bridgehead atoms. The molecule has 0 aromatic carbocycles. The Bertz CT molecular complexity index is 589. The van der Waals surface area contributed by atoms with Crippen LogP contribution in [-0.2, 0) is 4.74 Å². The van der Waals surface area contributed by atoms with E-state index >= 15 is 0 Å². The molecular formula is C23H34N2O. The van der Waals surface area contributed by atoms with Gasteiger partial charge in [0.2, 0.25) is 0 Å². The Morgan fingerprint density at radius 1 is 1.23 bits per heavy atom. The highest BCUT2D eigenvalue weighted by Gasteiger charge is 2.29. The summed E-state index contributed by atoms with van der Waals surface area (Å²) in [6.45, 7) is 16.7. The maximum absolute atomic E-state index is 5.82. The molecule has 26 heavy (non-hydrogen) atoms. The van der Waals surface area contributed by atoms with E-state index in [0.717, 1.165) is 26.1 Å². The molecule has 0 amide bonds. The van der Waals surface area contributed by atoms with Crippen molar-refractivity contribution in [2.24, 2.45) is 0 Å². The Balaban J connectivity index is 1.88. The van der Waals surface area contributed by atoms with Crippen molar-refractivity contribution in [1.29, 1.82) is 0 Å². The number of allylic oxidation sites excluding steroid dienone is 7. The summed E-state index contributed by atoms with van der Waals surface area (Å²) in [4.78, 5) is 5.02. The van der Waals surface area contributed by atoms with Gasteiger partial charge in [0.05, 0.1) is 6.61 Å². The maximum Gasteiger partial charge on any atom is 0.119 e. The van der Waals surface area contributed by atoms with Crippen molar-refractivity contribution in [3.05, 3.63) is 72.5 Å². The van der Waals surface area contributed by atoms with Gasteiger partial charge in [-0.2, -0.15) is 0 Å². The minimum absolute atomic E-state index is 0.559. The molecule has 2 aliphatic rings. The fourth-order valence-electron chi connectivity index (χ4n) is 3.73. The minimum Gasteiger partial charge on any atom is -0.356 e. The summed E-state index contributed by atoms with van der Waals surface area (Å²) in [6.07, 6.45) is 17.9. The lowest BCUT2D eigenvalue weighted by molar-refractivity contribution is -0.00116. The first-order valence-electron chi connectivity index (χ1n) is 9.72. The normalized spacial score (nSPS) is 23.9. The quantitative estimate of drug-likeness (QED) is 0.609. The first kappa shape index (κ1) is 20.5. The van der Waals surface area contributed by atoms with Crippen LogP contribution in [0.2, 0.25) is 0 Å². The van der Waals surface area contributed by atoms with E-state index in [0.29, 0.717) is 19.4 Å². The molecule has 2 fully saturated rings. The van der Waals surface area contributed by atoms with Crippen molar-refractivity contribution >= 4 is 0 Å². The molecule has 0 unspecified atom stereocenters. The molecule has 0 aromatic rings. The number of piperidine rings is 1. The number of rotatable bonds is 7. The van der Waals surface area contributed by atoms with Crippen molar-refractivity contribution in [2.75, 3.05) is 33.0 Å². The third-order valence-corrected chi connectivity index (χ3v) is 5.20. The maximum atomic E-state index is 5.82. The summed E-state index contributed by atoms with van der Waals surface area (Å²) in [6, 6.07) is 0.559. The summed E-state index contributed by atoms with van der Waals surface area (Å²) in [7, 11) is 0. The van der Waals surface area contributed by atoms with Crippen LogP contribution in [0.25, 0.3) is 0 Å². The standard InChI is InChI=1S/C23H34N2O/c1-5-9-11-20(7-3)12-15-24-16-13-22(14-17-24)25-19-26-18-21(10-6-2)23(25)8-4/h5-11,22H,2-3,12-19H2,1,4H3/b9-5-,20-11+,21-10-,23-8+. The molecule has 2 rings (SSSR count). The van der Waals surface area contributed by atoms with Gasteiger partial charge in [0.1, 0.15) is 6.73 Å². The zero-order valence-electron chi connectivity index (χ0n) is 16.5. The number of likely N-dealkylation sites (tertiary alicyclic amines) is 1. The van der Waals surface area contributed by atoms with Crippen LogP contribution in [0.1, 0.15) is 33.1 Å². The first-order valence-corrected chi connectivity index (χ1v) is 9.72. The Morgan fingerprint density at radius 2 is 2.00 bits per heavy atom. The van der Waals surface area contributed by atoms with Gasteiger partial charge in [0.25, 0.3) is 0 Å². The zero-order valence-corrected chi connectivity index (χ0v) is 16.5. The van der Waals surface area contributed by atoms with Crippen molar-refractivity contribution in [3.63, 3.8) is 0 Å². The molecule has 3 heteroatoms. The topological polar surface area (TPSA) is 15.7 Å². The predicted octanol–water partition coefficient (Wildman–Crippen LogP) is 4.84. The Labute approximate surface area is 159 Å². The summed E-state index contributed by atoms with van der Waals surface area (Å²) in [5.74, 6) is 0. The number of ether oxygens (including phenoxy) is 1. The summed E-state index contributed by atoms with van der Waals surface area (Å²) in [5, 5.41) is 0. The molecule has 3 nitrogen and oxygen atoms in total. The summed E-state index contributed by atoms with van der Waals surface area (Å²) >= 11 is 0. The van der Waals surface area contributed by atoms with Crippen LogP contribution in [0.3, 0.4) is 0 Å². The van der Waals surface area contributed by atoms with E-state index in [1.165, 1.54) is 29.7 Å². The van der Waals surface area contributed by atoms with Gasteiger partial charge in [-0.3, -0.25) is 0 Å². The van der Waals surface area contributed by atoms with Crippen LogP contribution < -0.4 is 0 Å². The highest BCUT2D eigenvalue weighted by Crippen LogP contribution is 2.28. The molecular weight excluding hydrogens is 320 g/mol. The Morgan fingerprint density at radius 3 is 2.62 bits per heavy atom. The van der Waals surface area contributed by atoms with E-state index < -0.39 is 0 Å². The summed E-state index contributed by atoms with van der Waals surface area (Å²) in [5.41, 5.74) is 3.86. The van der Waals surface area contributed by atoms with Crippen molar-refractivity contribution in [1.82, 2.24) is 9.80 Å². The molecule has 142 valence electrons. The van der Waals surface area contributed by atoms with E-state index in [4.69, 9.17) is 4.74 Å². The highest BCUT2D eigenvalue weighted by atomic mass is 16.5. The average Bonchev–Trinajstić information content (AvgIpc) is 2.68. The highest BCUT2D eigenvalue weighted by molar-refractivity contribution is 5.34. The van der Waals surface area contributed by atoms with Gasteiger partial charge in [-0.15, -0.1) is 0 Å². The molecule has 0 aliphatic carbocycles. The van der Waals surface area contributed by atoms with Crippen LogP contribution in [0.5, 0.6) is 0 Å². The van der Waals surface area contributed by atoms with Crippen molar-refractivity contribution in [2.45, 2.75) is 39.2 Å². The Hall–Kier alpha value is -1.84. The molecule has 2 saturated heterocycles. The van der Waals surface area contributed by atoms with Crippen molar-refractivity contribution < 1.29 is 4.74 Å². The molecule has 0 N–H and O–H groups in total. The lowest BCUT2D eigenvalue weighted by Gasteiger charge is -2.43. The Kier molecular flexibility index (Phi) is 8.66. The van der Waals surface area contributed by atoms with E-state index in [9.17, 15) is 0 Å². The largest absolute Gasteiger partial charge is 0.356 e. The molecule has 0 spiro atoms.